The van der Waals surface area contributed by atoms with E-state index in [1.54, 1.807) is 11.8 Å². The molecule has 78 valence electrons. The van der Waals surface area contributed by atoms with Crippen LogP contribution in [-0.4, -0.2) is 7.11 Å². The van der Waals surface area contributed by atoms with E-state index in [9.17, 15) is 0 Å². The maximum Gasteiger partial charge on any atom is 0.223 e. The SMILES string of the molecule is CO[n+]1ccc(-c2ccccc2)cc1.[I-]. The Labute approximate surface area is 106 Å². The third-order valence-electron chi connectivity index (χ3n) is 2.12. The predicted molar refractivity (Wildman–Crippen MR) is 54.6 cm³/mol. The summed E-state index contributed by atoms with van der Waals surface area (Å²) >= 11 is 0. The Hall–Kier alpha value is -1.10. The first-order chi connectivity index (χ1) is 6.90. The minimum atomic E-state index is 0. The summed E-state index contributed by atoms with van der Waals surface area (Å²) in [5, 5.41) is 0. The van der Waals surface area contributed by atoms with Gasteiger partial charge in [-0.15, -0.1) is 0 Å². The Morgan fingerprint density at radius 3 is 1.93 bits per heavy atom. The molecule has 3 heteroatoms. The molecule has 0 aliphatic carbocycles. The van der Waals surface area contributed by atoms with Crippen molar-refractivity contribution in [1.29, 1.82) is 0 Å². The minimum Gasteiger partial charge on any atom is -1.00 e. The average molecular weight is 313 g/mol. The molecule has 0 atom stereocenters. The average Bonchev–Trinajstić information content (AvgIpc) is 2.30. The second-order valence-corrected chi connectivity index (χ2v) is 3.00. The summed E-state index contributed by atoms with van der Waals surface area (Å²) in [6.45, 7) is 0. The lowest BCUT2D eigenvalue weighted by Crippen LogP contribution is -3.00. The highest BCUT2D eigenvalue weighted by Gasteiger charge is 2.00. The fourth-order valence-corrected chi connectivity index (χ4v) is 1.36. The summed E-state index contributed by atoms with van der Waals surface area (Å²) in [6, 6.07) is 14.3. The van der Waals surface area contributed by atoms with E-state index in [2.05, 4.69) is 12.1 Å². The fraction of sp³-hybridized carbons (Fsp3) is 0.0833. The Balaban J connectivity index is 0.00000112. The molecule has 0 saturated carbocycles. The Morgan fingerprint density at radius 1 is 0.867 bits per heavy atom. The lowest BCUT2D eigenvalue weighted by atomic mass is 10.1. The van der Waals surface area contributed by atoms with Crippen LogP contribution in [0.1, 0.15) is 0 Å². The van der Waals surface area contributed by atoms with E-state index in [4.69, 9.17) is 4.84 Å². The molecule has 0 unspecified atom stereocenters. The van der Waals surface area contributed by atoms with Crippen molar-refractivity contribution < 1.29 is 33.5 Å². The molecule has 0 saturated heterocycles. The van der Waals surface area contributed by atoms with Gasteiger partial charge >= 0.3 is 0 Å². The van der Waals surface area contributed by atoms with E-state index in [-0.39, 0.29) is 24.0 Å². The standard InChI is InChI=1S/C12H12NO.HI/c1-14-13-9-7-12(8-10-13)11-5-3-2-4-6-11;/h2-10H,1H3;1H/q+1;/p-1. The number of halogens is 1. The van der Waals surface area contributed by atoms with Gasteiger partial charge in [-0.25, -0.2) is 0 Å². The van der Waals surface area contributed by atoms with Crippen LogP contribution in [0, 0.1) is 0 Å². The Kier molecular flexibility index (Phi) is 4.55. The van der Waals surface area contributed by atoms with Gasteiger partial charge in [0, 0.05) is 16.9 Å². The molecule has 0 aliphatic rings. The molecule has 0 bridgehead atoms. The summed E-state index contributed by atoms with van der Waals surface area (Å²) in [7, 11) is 1.64. The highest BCUT2D eigenvalue weighted by Crippen LogP contribution is 2.16. The van der Waals surface area contributed by atoms with Crippen LogP contribution >= 0.6 is 0 Å². The van der Waals surface area contributed by atoms with Crippen molar-refractivity contribution in [1.82, 2.24) is 0 Å². The molecule has 0 aliphatic heterocycles. The lowest BCUT2D eigenvalue weighted by molar-refractivity contribution is -0.885. The molecule has 0 radical (unpaired) electrons. The number of rotatable bonds is 2. The van der Waals surface area contributed by atoms with E-state index >= 15 is 0 Å². The van der Waals surface area contributed by atoms with Gasteiger partial charge < -0.3 is 24.0 Å². The van der Waals surface area contributed by atoms with Crippen molar-refractivity contribution >= 4 is 0 Å². The Morgan fingerprint density at radius 2 is 1.40 bits per heavy atom. The molecule has 1 aromatic heterocycles. The van der Waals surface area contributed by atoms with Crippen LogP contribution in [0.2, 0.25) is 0 Å². The molecule has 0 spiro atoms. The lowest BCUT2D eigenvalue weighted by Gasteiger charge is -1.98. The molecule has 1 heterocycles. The van der Waals surface area contributed by atoms with Crippen LogP contribution in [0.25, 0.3) is 11.1 Å². The molecule has 15 heavy (non-hydrogen) atoms. The smallest absolute Gasteiger partial charge is 0.223 e. The second kappa shape index (κ2) is 5.70. The van der Waals surface area contributed by atoms with Crippen LogP contribution in [0.15, 0.2) is 54.9 Å². The maximum atomic E-state index is 5.02. The first-order valence-electron chi connectivity index (χ1n) is 4.51. The zero-order valence-corrected chi connectivity index (χ0v) is 10.6. The number of benzene rings is 1. The minimum absolute atomic E-state index is 0. The van der Waals surface area contributed by atoms with Crippen LogP contribution in [0.4, 0.5) is 0 Å². The van der Waals surface area contributed by atoms with Gasteiger partial charge in [-0.2, -0.15) is 0 Å². The van der Waals surface area contributed by atoms with Gasteiger partial charge in [0.25, 0.3) is 0 Å². The van der Waals surface area contributed by atoms with Crippen LogP contribution < -0.4 is 33.5 Å². The maximum absolute atomic E-state index is 5.02. The third-order valence-corrected chi connectivity index (χ3v) is 2.12. The second-order valence-electron chi connectivity index (χ2n) is 3.00. The summed E-state index contributed by atoms with van der Waals surface area (Å²) in [4.78, 5) is 5.02. The molecule has 0 amide bonds. The van der Waals surface area contributed by atoms with Crippen molar-refractivity contribution in [3.63, 3.8) is 0 Å². The van der Waals surface area contributed by atoms with Crippen molar-refractivity contribution in [2.75, 3.05) is 7.11 Å². The van der Waals surface area contributed by atoms with E-state index in [1.807, 2.05) is 42.7 Å². The molecule has 2 aromatic rings. The topological polar surface area (TPSA) is 13.1 Å². The highest BCUT2D eigenvalue weighted by molar-refractivity contribution is 5.61. The molecular weight excluding hydrogens is 301 g/mol. The van der Waals surface area contributed by atoms with E-state index in [0.29, 0.717) is 0 Å². The van der Waals surface area contributed by atoms with Crippen molar-refractivity contribution in [2.24, 2.45) is 0 Å². The molecular formula is C12H12INO. The quantitative estimate of drug-likeness (QED) is 0.496. The summed E-state index contributed by atoms with van der Waals surface area (Å²) < 4.78 is 1.66. The summed E-state index contributed by atoms with van der Waals surface area (Å²) in [6.07, 6.45) is 3.78. The van der Waals surface area contributed by atoms with E-state index < -0.39 is 0 Å². The molecule has 0 fully saturated rings. The predicted octanol–water partition coefficient (Wildman–Crippen LogP) is -1.30. The highest BCUT2D eigenvalue weighted by atomic mass is 127. The van der Waals surface area contributed by atoms with E-state index in [1.165, 1.54) is 11.1 Å². The largest absolute Gasteiger partial charge is 1.00 e. The van der Waals surface area contributed by atoms with Crippen LogP contribution in [0.5, 0.6) is 0 Å². The molecule has 2 rings (SSSR count). The molecule has 1 aromatic carbocycles. The number of pyridine rings is 1. The Bertz CT molecular complexity index is 400. The van der Waals surface area contributed by atoms with Gasteiger partial charge in [0.15, 0.2) is 0 Å². The van der Waals surface area contributed by atoms with Crippen LogP contribution in [0.3, 0.4) is 0 Å². The van der Waals surface area contributed by atoms with Gasteiger partial charge in [-0.05, 0) is 11.1 Å². The van der Waals surface area contributed by atoms with Crippen LogP contribution in [-0.2, 0) is 0 Å². The van der Waals surface area contributed by atoms with E-state index in [0.717, 1.165) is 0 Å². The first-order valence-corrected chi connectivity index (χ1v) is 4.51. The summed E-state index contributed by atoms with van der Waals surface area (Å²) in [5.41, 5.74) is 2.41. The zero-order chi connectivity index (χ0) is 9.80. The van der Waals surface area contributed by atoms with Gasteiger partial charge in [0.1, 0.15) is 7.11 Å². The normalized spacial score (nSPS) is 9.13. The van der Waals surface area contributed by atoms with Gasteiger partial charge in [0.2, 0.25) is 12.4 Å². The van der Waals surface area contributed by atoms with Crippen molar-refractivity contribution in [3.05, 3.63) is 54.9 Å². The third kappa shape index (κ3) is 2.92. The number of hydrogen-bond acceptors (Lipinski definition) is 1. The monoisotopic (exact) mass is 313 g/mol. The zero-order valence-electron chi connectivity index (χ0n) is 8.43. The van der Waals surface area contributed by atoms with Crippen molar-refractivity contribution in [2.45, 2.75) is 0 Å². The van der Waals surface area contributed by atoms with Gasteiger partial charge in [0.05, 0.1) is 0 Å². The summed E-state index contributed by atoms with van der Waals surface area (Å²) in [5.74, 6) is 0. The van der Waals surface area contributed by atoms with Crippen molar-refractivity contribution in [3.8, 4) is 11.1 Å². The first kappa shape index (κ1) is 12.0. The molecule has 0 N–H and O–H groups in total. The fourth-order valence-electron chi connectivity index (χ4n) is 1.36. The number of nitrogens with zero attached hydrogens (tertiary/aromatic N) is 1. The number of aromatic nitrogens is 1. The number of hydrogen-bond donors (Lipinski definition) is 0. The van der Waals surface area contributed by atoms with Gasteiger partial charge in [-0.1, -0.05) is 30.3 Å². The molecule has 2 nitrogen and oxygen atoms in total. The van der Waals surface area contributed by atoms with Gasteiger partial charge in [-0.3, -0.25) is 4.84 Å².